The van der Waals surface area contributed by atoms with Gasteiger partial charge in [-0.2, -0.15) is 0 Å². The van der Waals surface area contributed by atoms with Crippen LogP contribution in [0, 0.1) is 6.92 Å². The van der Waals surface area contributed by atoms with Gasteiger partial charge in [0.25, 0.3) is 0 Å². The largest absolute Gasteiger partial charge is 0.458 e. The molecule has 1 aromatic carbocycles. The van der Waals surface area contributed by atoms with Crippen molar-refractivity contribution in [2.45, 2.75) is 19.4 Å². The molecule has 0 amide bonds. The predicted octanol–water partition coefficient (Wildman–Crippen LogP) is 4.06. The molecule has 0 saturated carbocycles. The van der Waals surface area contributed by atoms with Crippen molar-refractivity contribution in [3.05, 3.63) is 58.0 Å². The number of thiophene rings is 1. The summed E-state index contributed by atoms with van der Waals surface area (Å²) in [6.45, 7) is 3.78. The zero-order chi connectivity index (χ0) is 12.8. The second-order valence-electron chi connectivity index (χ2n) is 4.65. The van der Waals surface area contributed by atoms with Gasteiger partial charge in [-0.05, 0) is 43.0 Å². The van der Waals surface area contributed by atoms with E-state index >= 15 is 0 Å². The summed E-state index contributed by atoms with van der Waals surface area (Å²) < 4.78 is 5.77. The highest BCUT2D eigenvalue weighted by Crippen LogP contribution is 2.37. The first kappa shape index (κ1) is 11.5. The highest BCUT2D eigenvalue weighted by molar-refractivity contribution is 7.10. The fourth-order valence-electron chi connectivity index (χ4n) is 2.21. The molecule has 0 radical (unpaired) electrons. The zero-order valence-electron chi connectivity index (χ0n) is 10.3. The predicted molar refractivity (Wildman–Crippen MR) is 73.9 cm³/mol. The Hall–Kier alpha value is -1.58. The normalized spacial score (nSPS) is 14.8. The average Bonchev–Trinajstić information content (AvgIpc) is 2.94. The minimum absolute atomic E-state index is 0.592. The lowest BCUT2D eigenvalue weighted by Gasteiger charge is -2.20. The number of aryl methyl sites for hydroxylation is 1. The number of hydrogen-bond acceptors (Lipinski definition) is 3. The van der Waals surface area contributed by atoms with E-state index in [4.69, 9.17) is 4.42 Å². The Kier molecular flexibility index (Phi) is 2.54. The van der Waals surface area contributed by atoms with Crippen LogP contribution in [0.1, 0.15) is 23.1 Å². The third-order valence-corrected chi connectivity index (χ3v) is 4.44. The fraction of sp³-hybridized carbons (Fsp3) is 0.200. The van der Waals surface area contributed by atoms with Crippen molar-refractivity contribution in [3.8, 4) is 0 Å². The van der Waals surface area contributed by atoms with Crippen LogP contribution in [0.5, 0.6) is 0 Å². The summed E-state index contributed by atoms with van der Waals surface area (Å²) in [5, 5.41) is 13.7. The third kappa shape index (κ3) is 1.67. The van der Waals surface area contributed by atoms with Gasteiger partial charge in [-0.25, -0.2) is 0 Å². The van der Waals surface area contributed by atoms with Gasteiger partial charge in [0, 0.05) is 10.3 Å². The molecule has 2 nitrogen and oxygen atoms in total. The Morgan fingerprint density at radius 3 is 2.67 bits per heavy atom. The number of rotatable bonds is 2. The second kappa shape index (κ2) is 3.97. The van der Waals surface area contributed by atoms with Gasteiger partial charge in [0.05, 0.1) is 0 Å². The van der Waals surface area contributed by atoms with E-state index in [9.17, 15) is 5.11 Å². The van der Waals surface area contributed by atoms with Crippen molar-refractivity contribution >= 4 is 22.3 Å². The van der Waals surface area contributed by atoms with Crippen molar-refractivity contribution in [1.82, 2.24) is 0 Å². The van der Waals surface area contributed by atoms with Crippen LogP contribution in [0.15, 0.2) is 46.2 Å². The molecule has 0 fully saturated rings. The molecule has 0 aliphatic rings. The van der Waals surface area contributed by atoms with Gasteiger partial charge in [0.1, 0.15) is 11.3 Å². The van der Waals surface area contributed by atoms with E-state index in [1.807, 2.05) is 48.7 Å². The summed E-state index contributed by atoms with van der Waals surface area (Å²) in [6.07, 6.45) is 0. The Morgan fingerprint density at radius 2 is 2.00 bits per heavy atom. The van der Waals surface area contributed by atoms with Crippen molar-refractivity contribution in [1.29, 1.82) is 0 Å². The van der Waals surface area contributed by atoms with Crippen molar-refractivity contribution in [2.75, 3.05) is 0 Å². The first-order chi connectivity index (χ1) is 8.59. The summed E-state index contributed by atoms with van der Waals surface area (Å²) in [7, 11) is 0. The van der Waals surface area contributed by atoms with Crippen LogP contribution in [0.3, 0.4) is 0 Å². The van der Waals surface area contributed by atoms with E-state index in [1.54, 1.807) is 18.3 Å². The Morgan fingerprint density at radius 1 is 1.22 bits per heavy atom. The number of hydrogen-bond donors (Lipinski definition) is 1. The number of furan rings is 1. The lowest BCUT2D eigenvalue weighted by Crippen LogP contribution is -2.21. The number of fused-ring (bicyclic) bond motifs is 1. The Balaban J connectivity index is 2.16. The van der Waals surface area contributed by atoms with Crippen LogP contribution in [-0.2, 0) is 5.60 Å². The van der Waals surface area contributed by atoms with Crippen molar-refractivity contribution in [3.63, 3.8) is 0 Å². The summed E-state index contributed by atoms with van der Waals surface area (Å²) in [5.74, 6) is 0.592. The van der Waals surface area contributed by atoms with Crippen LogP contribution in [0.25, 0.3) is 11.0 Å². The molecule has 1 N–H and O–H groups in total. The van der Waals surface area contributed by atoms with Gasteiger partial charge in [-0.3, -0.25) is 0 Å². The smallest absolute Gasteiger partial charge is 0.154 e. The van der Waals surface area contributed by atoms with Crippen LogP contribution >= 0.6 is 11.3 Å². The van der Waals surface area contributed by atoms with Crippen molar-refractivity contribution < 1.29 is 9.52 Å². The maximum Gasteiger partial charge on any atom is 0.154 e. The minimum atomic E-state index is -1.07. The van der Waals surface area contributed by atoms with Crippen LogP contribution in [-0.4, -0.2) is 5.11 Å². The van der Waals surface area contributed by atoms with E-state index in [1.165, 1.54) is 0 Å². The van der Waals surface area contributed by atoms with Gasteiger partial charge in [-0.15, -0.1) is 11.3 Å². The summed E-state index contributed by atoms with van der Waals surface area (Å²) >= 11 is 1.55. The van der Waals surface area contributed by atoms with E-state index < -0.39 is 5.60 Å². The highest BCUT2D eigenvalue weighted by atomic mass is 32.1. The maximum atomic E-state index is 10.7. The van der Waals surface area contributed by atoms with Gasteiger partial charge >= 0.3 is 0 Å². The zero-order valence-corrected chi connectivity index (χ0v) is 11.1. The molecular formula is C15H14O2S. The van der Waals surface area contributed by atoms with E-state index in [2.05, 4.69) is 0 Å². The van der Waals surface area contributed by atoms with E-state index in [0.717, 1.165) is 21.4 Å². The third-order valence-electron chi connectivity index (χ3n) is 3.21. The molecular weight excluding hydrogens is 244 g/mol. The lowest BCUT2D eigenvalue weighted by molar-refractivity contribution is 0.0818. The molecule has 18 heavy (non-hydrogen) atoms. The van der Waals surface area contributed by atoms with Gasteiger partial charge in [0.15, 0.2) is 5.60 Å². The first-order valence-corrected chi connectivity index (χ1v) is 6.73. The maximum absolute atomic E-state index is 10.7. The van der Waals surface area contributed by atoms with Gasteiger partial charge in [0.2, 0.25) is 0 Å². The molecule has 92 valence electrons. The standard InChI is InChI=1S/C15H14O2S/c1-10-7-8-18-14(10)15(2,16)13-9-11-5-3-4-6-12(11)17-13/h3-9,16H,1-2H3. The average molecular weight is 258 g/mol. The van der Waals surface area contributed by atoms with Crippen LogP contribution < -0.4 is 0 Å². The summed E-state index contributed by atoms with van der Waals surface area (Å²) in [4.78, 5) is 0.932. The quantitative estimate of drug-likeness (QED) is 0.752. The topological polar surface area (TPSA) is 33.4 Å². The van der Waals surface area contributed by atoms with Crippen molar-refractivity contribution in [2.24, 2.45) is 0 Å². The number of para-hydroxylation sites is 1. The fourth-order valence-corrected chi connectivity index (χ4v) is 3.20. The molecule has 0 aliphatic carbocycles. The second-order valence-corrected chi connectivity index (χ2v) is 5.57. The molecule has 0 aliphatic heterocycles. The Bertz CT molecular complexity index is 658. The molecule has 3 rings (SSSR count). The van der Waals surface area contributed by atoms with E-state index in [-0.39, 0.29) is 0 Å². The molecule has 3 aromatic rings. The monoisotopic (exact) mass is 258 g/mol. The minimum Gasteiger partial charge on any atom is -0.458 e. The van der Waals surface area contributed by atoms with Crippen LogP contribution in [0.2, 0.25) is 0 Å². The molecule has 0 saturated heterocycles. The number of benzene rings is 1. The molecule has 1 unspecified atom stereocenters. The first-order valence-electron chi connectivity index (χ1n) is 5.85. The highest BCUT2D eigenvalue weighted by Gasteiger charge is 2.32. The molecule has 1 atom stereocenters. The van der Waals surface area contributed by atoms with E-state index in [0.29, 0.717) is 5.76 Å². The molecule has 3 heteroatoms. The van der Waals surface area contributed by atoms with Gasteiger partial charge < -0.3 is 9.52 Å². The summed E-state index contributed by atoms with van der Waals surface area (Å²) in [6, 6.07) is 11.7. The number of aliphatic hydroxyl groups is 1. The molecule has 2 aromatic heterocycles. The molecule has 0 spiro atoms. The molecule has 2 heterocycles. The lowest BCUT2D eigenvalue weighted by atomic mass is 9.98. The van der Waals surface area contributed by atoms with Crippen LogP contribution in [0.4, 0.5) is 0 Å². The van der Waals surface area contributed by atoms with Gasteiger partial charge in [-0.1, -0.05) is 18.2 Å². The molecule has 0 bridgehead atoms. The Labute approximate surface area is 109 Å². The summed E-state index contributed by atoms with van der Waals surface area (Å²) in [5.41, 5.74) is 0.824. The SMILES string of the molecule is Cc1ccsc1C(C)(O)c1cc2ccccc2o1.